The van der Waals surface area contributed by atoms with Gasteiger partial charge in [0.25, 0.3) is 0 Å². The van der Waals surface area contributed by atoms with Gasteiger partial charge in [0.2, 0.25) is 5.88 Å². The first-order chi connectivity index (χ1) is 8.06. The summed E-state index contributed by atoms with van der Waals surface area (Å²) < 4.78 is 7.18. The zero-order valence-corrected chi connectivity index (χ0v) is 10.2. The number of aryl methyl sites for hydroxylation is 1. The number of nitrogens with zero attached hydrogens (tertiary/aromatic N) is 4. The Bertz CT molecular complexity index is 569. The van der Waals surface area contributed by atoms with Gasteiger partial charge in [-0.15, -0.1) is 5.10 Å². The molecule has 7 nitrogen and oxygen atoms in total. The minimum atomic E-state index is -1.13. The number of aromatic nitrogens is 4. The van der Waals surface area contributed by atoms with Gasteiger partial charge in [0.15, 0.2) is 0 Å². The molecule has 0 unspecified atom stereocenters. The Labute approximate surface area is 104 Å². The second-order valence-electron chi connectivity index (χ2n) is 3.11. The van der Waals surface area contributed by atoms with Gasteiger partial charge in [-0.3, -0.25) is 4.68 Å². The third-order valence-corrected chi connectivity index (χ3v) is 2.25. The van der Waals surface area contributed by atoms with Crippen LogP contribution in [0.25, 0.3) is 0 Å². The zero-order chi connectivity index (χ0) is 12.4. The Morgan fingerprint density at radius 1 is 1.53 bits per heavy atom. The number of ether oxygens (including phenoxy) is 1. The van der Waals surface area contributed by atoms with Crippen molar-refractivity contribution in [3.63, 3.8) is 0 Å². The van der Waals surface area contributed by atoms with Crippen LogP contribution in [0.2, 0.25) is 0 Å². The van der Waals surface area contributed by atoms with Crippen molar-refractivity contribution in [2.75, 3.05) is 0 Å². The minimum absolute atomic E-state index is 0.0461. The zero-order valence-electron chi connectivity index (χ0n) is 8.66. The number of carbonyl (C=O) groups is 1. The molecule has 0 aliphatic rings. The van der Waals surface area contributed by atoms with Crippen molar-refractivity contribution in [2.24, 2.45) is 7.05 Å². The molecule has 0 bridgehead atoms. The van der Waals surface area contributed by atoms with Crippen molar-refractivity contribution < 1.29 is 14.6 Å². The normalized spacial score (nSPS) is 10.2. The van der Waals surface area contributed by atoms with Gasteiger partial charge in [-0.1, -0.05) is 0 Å². The van der Waals surface area contributed by atoms with Gasteiger partial charge in [-0.2, -0.15) is 4.98 Å². The lowest BCUT2D eigenvalue weighted by Crippen LogP contribution is -2.02. The number of halogens is 1. The van der Waals surface area contributed by atoms with E-state index in [-0.39, 0.29) is 17.5 Å². The SMILES string of the molecule is Cn1cnc(Oc2ncc(Br)cc2C(=O)O)n1. The van der Waals surface area contributed by atoms with E-state index in [0.29, 0.717) is 4.47 Å². The van der Waals surface area contributed by atoms with Crippen molar-refractivity contribution >= 4 is 21.9 Å². The van der Waals surface area contributed by atoms with Crippen LogP contribution in [0, 0.1) is 0 Å². The highest BCUT2D eigenvalue weighted by Crippen LogP contribution is 2.23. The van der Waals surface area contributed by atoms with Gasteiger partial charge in [0.1, 0.15) is 11.9 Å². The minimum Gasteiger partial charge on any atom is -0.477 e. The molecule has 0 saturated carbocycles. The summed E-state index contributed by atoms with van der Waals surface area (Å²) in [6, 6.07) is 1.44. The van der Waals surface area contributed by atoms with E-state index in [4.69, 9.17) is 9.84 Å². The van der Waals surface area contributed by atoms with Crippen LogP contribution in [-0.2, 0) is 7.05 Å². The second kappa shape index (κ2) is 4.50. The summed E-state index contributed by atoms with van der Waals surface area (Å²) in [5.74, 6) is -1.18. The van der Waals surface area contributed by atoms with Gasteiger partial charge in [-0.25, -0.2) is 9.78 Å². The Hall–Kier alpha value is -1.96. The quantitative estimate of drug-likeness (QED) is 0.922. The fourth-order valence-corrected chi connectivity index (χ4v) is 1.45. The van der Waals surface area contributed by atoms with E-state index in [1.807, 2.05) is 0 Å². The third-order valence-electron chi connectivity index (χ3n) is 1.81. The van der Waals surface area contributed by atoms with Crippen LogP contribution in [0.15, 0.2) is 23.1 Å². The van der Waals surface area contributed by atoms with Crippen molar-refractivity contribution in [1.82, 2.24) is 19.7 Å². The van der Waals surface area contributed by atoms with Crippen LogP contribution in [-0.4, -0.2) is 30.8 Å². The molecule has 0 aliphatic carbocycles. The Morgan fingerprint density at radius 3 is 2.88 bits per heavy atom. The summed E-state index contributed by atoms with van der Waals surface area (Å²) in [4.78, 5) is 18.7. The maximum Gasteiger partial charge on any atom is 0.342 e. The molecule has 8 heteroatoms. The lowest BCUT2D eigenvalue weighted by molar-refractivity contribution is 0.0693. The maximum atomic E-state index is 11.0. The highest BCUT2D eigenvalue weighted by molar-refractivity contribution is 9.10. The van der Waals surface area contributed by atoms with Gasteiger partial charge in [-0.05, 0) is 22.0 Å². The molecule has 17 heavy (non-hydrogen) atoms. The highest BCUT2D eigenvalue weighted by atomic mass is 79.9. The molecule has 0 saturated heterocycles. The van der Waals surface area contributed by atoms with Crippen LogP contribution >= 0.6 is 15.9 Å². The van der Waals surface area contributed by atoms with Crippen LogP contribution in [0.4, 0.5) is 0 Å². The van der Waals surface area contributed by atoms with Gasteiger partial charge >= 0.3 is 12.0 Å². The summed E-state index contributed by atoms with van der Waals surface area (Å²) in [5, 5.41) is 12.9. The first-order valence-corrected chi connectivity index (χ1v) is 5.28. The Balaban J connectivity index is 2.35. The van der Waals surface area contributed by atoms with E-state index in [2.05, 4.69) is 31.0 Å². The number of pyridine rings is 1. The lowest BCUT2D eigenvalue weighted by atomic mass is 10.3. The summed E-state index contributed by atoms with van der Waals surface area (Å²) in [5.41, 5.74) is -0.0631. The first-order valence-electron chi connectivity index (χ1n) is 4.48. The number of rotatable bonds is 3. The topological polar surface area (TPSA) is 90.1 Å². The molecule has 0 atom stereocenters. The average Bonchev–Trinajstić information content (AvgIpc) is 2.66. The molecule has 2 rings (SSSR count). The van der Waals surface area contributed by atoms with Crippen molar-refractivity contribution in [2.45, 2.75) is 0 Å². The number of hydrogen-bond donors (Lipinski definition) is 1. The first kappa shape index (κ1) is 11.5. The predicted molar refractivity (Wildman–Crippen MR) is 60.0 cm³/mol. The van der Waals surface area contributed by atoms with Gasteiger partial charge < -0.3 is 9.84 Å². The summed E-state index contributed by atoms with van der Waals surface area (Å²) in [7, 11) is 1.67. The fraction of sp³-hybridized carbons (Fsp3) is 0.111. The molecule has 0 radical (unpaired) electrons. The van der Waals surface area contributed by atoms with E-state index >= 15 is 0 Å². The number of aromatic carboxylic acids is 1. The lowest BCUT2D eigenvalue weighted by Gasteiger charge is -2.03. The van der Waals surface area contributed by atoms with Crippen molar-refractivity contribution in [3.05, 3.63) is 28.6 Å². The monoisotopic (exact) mass is 298 g/mol. The molecule has 0 amide bonds. The largest absolute Gasteiger partial charge is 0.477 e. The van der Waals surface area contributed by atoms with Crippen molar-refractivity contribution in [3.8, 4) is 11.9 Å². The summed E-state index contributed by atoms with van der Waals surface area (Å²) >= 11 is 3.14. The molecule has 0 fully saturated rings. The molecule has 88 valence electrons. The van der Waals surface area contributed by atoms with Gasteiger partial charge in [0.05, 0.1) is 0 Å². The van der Waals surface area contributed by atoms with E-state index in [1.54, 1.807) is 7.05 Å². The molecule has 1 N–H and O–H groups in total. The maximum absolute atomic E-state index is 11.0. The van der Waals surface area contributed by atoms with Crippen LogP contribution in [0.3, 0.4) is 0 Å². The fourth-order valence-electron chi connectivity index (χ4n) is 1.11. The third kappa shape index (κ3) is 2.59. The van der Waals surface area contributed by atoms with Gasteiger partial charge in [0, 0.05) is 17.7 Å². The molecule has 2 aromatic heterocycles. The molecular weight excluding hydrogens is 292 g/mol. The number of carboxylic acid groups (broad SMARTS) is 1. The van der Waals surface area contributed by atoms with E-state index < -0.39 is 5.97 Å². The smallest absolute Gasteiger partial charge is 0.342 e. The average molecular weight is 299 g/mol. The Morgan fingerprint density at radius 2 is 2.29 bits per heavy atom. The summed E-state index contributed by atoms with van der Waals surface area (Å²) in [6.45, 7) is 0. The Kier molecular flexibility index (Phi) is 3.05. The second-order valence-corrected chi connectivity index (χ2v) is 4.03. The van der Waals surface area contributed by atoms with Crippen LogP contribution in [0.1, 0.15) is 10.4 Å². The van der Waals surface area contributed by atoms with Crippen LogP contribution < -0.4 is 4.74 Å². The number of carboxylic acids is 1. The van der Waals surface area contributed by atoms with E-state index in [0.717, 1.165) is 0 Å². The molecule has 0 spiro atoms. The molecule has 0 aliphatic heterocycles. The molecule has 2 heterocycles. The standard InChI is InChI=1S/C9H7BrN4O3/c1-14-4-12-9(13-14)17-7-6(8(15)16)2-5(10)3-11-7/h2-4H,1H3,(H,15,16). The predicted octanol–water partition coefficient (Wildman–Crippen LogP) is 1.46. The van der Waals surface area contributed by atoms with Crippen molar-refractivity contribution in [1.29, 1.82) is 0 Å². The molecular formula is C9H7BrN4O3. The van der Waals surface area contributed by atoms with E-state index in [1.165, 1.54) is 23.3 Å². The highest BCUT2D eigenvalue weighted by Gasteiger charge is 2.15. The molecule has 2 aromatic rings. The van der Waals surface area contributed by atoms with Crippen LogP contribution in [0.5, 0.6) is 11.9 Å². The number of hydrogen-bond acceptors (Lipinski definition) is 5. The summed E-state index contributed by atoms with van der Waals surface area (Å²) in [6.07, 6.45) is 2.87. The molecule has 0 aromatic carbocycles. The van der Waals surface area contributed by atoms with E-state index in [9.17, 15) is 4.79 Å².